The standard InChI is InChI=1S/C11H11NO5S/c1-7-3-4-9(8(2)5-7)18(14,15)17-10-6-16-11(13)12-10/h3-6H,1-2H3,(H,12,13). The van der Waals surface area contributed by atoms with E-state index < -0.39 is 15.9 Å². The molecule has 0 unspecified atom stereocenters. The molecular weight excluding hydrogens is 258 g/mol. The molecule has 0 bridgehead atoms. The van der Waals surface area contributed by atoms with Crippen molar-refractivity contribution in [3.63, 3.8) is 0 Å². The Bertz CT molecular complexity index is 726. The largest absolute Gasteiger partial charge is 0.419 e. The van der Waals surface area contributed by atoms with Crippen molar-refractivity contribution in [2.24, 2.45) is 0 Å². The minimum atomic E-state index is -3.98. The highest BCUT2D eigenvalue weighted by Gasteiger charge is 2.20. The van der Waals surface area contributed by atoms with E-state index in [-0.39, 0.29) is 10.8 Å². The van der Waals surface area contributed by atoms with Crippen LogP contribution < -0.4 is 9.94 Å². The summed E-state index contributed by atoms with van der Waals surface area (Å²) in [5.41, 5.74) is 1.52. The van der Waals surface area contributed by atoms with Crippen LogP contribution in [0.3, 0.4) is 0 Å². The maximum absolute atomic E-state index is 12.0. The summed E-state index contributed by atoms with van der Waals surface area (Å²) >= 11 is 0. The molecule has 1 heterocycles. The summed E-state index contributed by atoms with van der Waals surface area (Å²) in [6.07, 6.45) is 0.906. The Morgan fingerprint density at radius 1 is 1.28 bits per heavy atom. The van der Waals surface area contributed by atoms with Gasteiger partial charge >= 0.3 is 15.9 Å². The fraction of sp³-hybridized carbons (Fsp3) is 0.182. The molecule has 0 amide bonds. The van der Waals surface area contributed by atoms with Crippen molar-refractivity contribution in [1.29, 1.82) is 0 Å². The number of rotatable bonds is 3. The molecule has 0 aliphatic heterocycles. The lowest BCUT2D eigenvalue weighted by molar-refractivity contribution is 0.470. The van der Waals surface area contributed by atoms with Crippen molar-refractivity contribution in [1.82, 2.24) is 4.98 Å². The summed E-state index contributed by atoms with van der Waals surface area (Å²) in [4.78, 5) is 12.9. The number of aryl methyl sites for hydroxylation is 2. The van der Waals surface area contributed by atoms with Crippen LogP contribution in [0.1, 0.15) is 11.1 Å². The molecule has 1 aromatic carbocycles. The normalized spacial score (nSPS) is 11.4. The van der Waals surface area contributed by atoms with Crippen molar-refractivity contribution in [3.05, 3.63) is 46.1 Å². The highest BCUT2D eigenvalue weighted by atomic mass is 32.2. The smallest absolute Gasteiger partial charge is 0.412 e. The SMILES string of the molecule is Cc1ccc(S(=O)(=O)Oc2coc(=O)[nH]2)c(C)c1. The lowest BCUT2D eigenvalue weighted by atomic mass is 10.2. The molecule has 0 aliphatic carbocycles. The average Bonchev–Trinajstić information content (AvgIpc) is 2.62. The zero-order valence-corrected chi connectivity index (χ0v) is 10.6. The van der Waals surface area contributed by atoms with Gasteiger partial charge in [-0.15, -0.1) is 0 Å². The van der Waals surface area contributed by atoms with E-state index in [1.54, 1.807) is 19.1 Å². The van der Waals surface area contributed by atoms with E-state index in [1.807, 2.05) is 6.92 Å². The summed E-state index contributed by atoms with van der Waals surface area (Å²) in [5, 5.41) is 0. The van der Waals surface area contributed by atoms with Crippen molar-refractivity contribution in [2.45, 2.75) is 18.7 Å². The van der Waals surface area contributed by atoms with Gasteiger partial charge in [0.1, 0.15) is 4.90 Å². The van der Waals surface area contributed by atoms with Gasteiger partial charge in [0.25, 0.3) is 5.88 Å². The maximum atomic E-state index is 12.0. The van der Waals surface area contributed by atoms with E-state index in [9.17, 15) is 13.2 Å². The van der Waals surface area contributed by atoms with E-state index >= 15 is 0 Å². The van der Waals surface area contributed by atoms with E-state index in [0.717, 1.165) is 11.8 Å². The number of hydrogen-bond acceptors (Lipinski definition) is 5. The number of H-pyrrole nitrogens is 1. The molecule has 0 saturated carbocycles. The molecule has 6 nitrogen and oxygen atoms in total. The molecule has 1 aromatic heterocycles. The van der Waals surface area contributed by atoms with Crippen molar-refractivity contribution >= 4 is 10.1 Å². The van der Waals surface area contributed by atoms with Crippen LogP contribution in [0.25, 0.3) is 0 Å². The van der Waals surface area contributed by atoms with Gasteiger partial charge in [-0.3, -0.25) is 4.98 Å². The summed E-state index contributed by atoms with van der Waals surface area (Å²) in [5.74, 6) is -1.03. The van der Waals surface area contributed by atoms with Crippen LogP contribution in [0.2, 0.25) is 0 Å². The van der Waals surface area contributed by atoms with Gasteiger partial charge in [-0.25, -0.2) is 4.79 Å². The first kappa shape index (κ1) is 12.4. The van der Waals surface area contributed by atoms with E-state index in [0.29, 0.717) is 5.56 Å². The molecule has 0 radical (unpaired) electrons. The third-order valence-corrected chi connectivity index (χ3v) is 3.69. The topological polar surface area (TPSA) is 89.4 Å². The van der Waals surface area contributed by atoms with Crippen LogP contribution >= 0.6 is 0 Å². The average molecular weight is 269 g/mol. The minimum Gasteiger partial charge on any atom is -0.412 e. The number of nitrogens with one attached hydrogen (secondary N) is 1. The quantitative estimate of drug-likeness (QED) is 0.849. The first-order valence-electron chi connectivity index (χ1n) is 5.08. The summed E-state index contributed by atoms with van der Waals surface area (Å²) in [6.45, 7) is 3.53. The van der Waals surface area contributed by atoms with E-state index in [2.05, 4.69) is 9.40 Å². The van der Waals surface area contributed by atoms with Crippen molar-refractivity contribution in [2.75, 3.05) is 0 Å². The molecular formula is C11H11NO5S. The van der Waals surface area contributed by atoms with Gasteiger partial charge < -0.3 is 8.60 Å². The molecule has 2 aromatic rings. The zero-order valence-electron chi connectivity index (χ0n) is 9.76. The van der Waals surface area contributed by atoms with Crippen LogP contribution in [0.5, 0.6) is 5.88 Å². The highest BCUT2D eigenvalue weighted by Crippen LogP contribution is 2.20. The molecule has 0 fully saturated rings. The first-order valence-corrected chi connectivity index (χ1v) is 6.49. The van der Waals surface area contributed by atoms with Gasteiger partial charge in [0, 0.05) is 0 Å². The fourth-order valence-corrected chi connectivity index (χ4v) is 2.65. The Labute approximate surface area is 103 Å². The number of aromatic nitrogens is 1. The van der Waals surface area contributed by atoms with Gasteiger partial charge in [0.05, 0.1) is 0 Å². The van der Waals surface area contributed by atoms with Crippen LogP contribution in [0.4, 0.5) is 0 Å². The molecule has 1 N–H and O–H groups in total. The Morgan fingerprint density at radius 2 is 2.00 bits per heavy atom. The summed E-state index contributed by atoms with van der Waals surface area (Å²) in [6, 6.07) is 4.86. The van der Waals surface area contributed by atoms with Gasteiger partial charge in [-0.05, 0) is 25.5 Å². The van der Waals surface area contributed by atoms with Crippen LogP contribution in [-0.4, -0.2) is 13.4 Å². The first-order chi connectivity index (χ1) is 8.38. The Balaban J connectivity index is 2.39. The summed E-state index contributed by atoms with van der Waals surface area (Å²) in [7, 11) is -3.98. The molecule has 2 rings (SSSR count). The molecule has 0 spiro atoms. The zero-order chi connectivity index (χ0) is 13.3. The van der Waals surface area contributed by atoms with Crippen molar-refractivity contribution in [3.8, 4) is 5.88 Å². The number of benzene rings is 1. The second-order valence-electron chi connectivity index (χ2n) is 3.82. The molecule has 18 heavy (non-hydrogen) atoms. The molecule has 96 valence electrons. The van der Waals surface area contributed by atoms with Crippen LogP contribution in [-0.2, 0) is 10.1 Å². The van der Waals surface area contributed by atoms with Gasteiger partial charge in [-0.1, -0.05) is 17.7 Å². The third-order valence-electron chi connectivity index (χ3n) is 2.30. The lowest BCUT2D eigenvalue weighted by Gasteiger charge is -2.07. The second kappa shape index (κ2) is 4.34. The Hall–Kier alpha value is -2.02. The minimum absolute atomic E-state index is 0.0511. The van der Waals surface area contributed by atoms with Crippen LogP contribution in [0, 0.1) is 13.8 Å². The molecule has 0 saturated heterocycles. The van der Waals surface area contributed by atoms with Gasteiger partial charge in [0.2, 0.25) is 0 Å². The van der Waals surface area contributed by atoms with E-state index in [1.165, 1.54) is 6.07 Å². The number of oxazole rings is 1. The van der Waals surface area contributed by atoms with Crippen LogP contribution in [0.15, 0.2) is 38.6 Å². The fourth-order valence-electron chi connectivity index (χ4n) is 1.55. The summed E-state index contributed by atoms with van der Waals surface area (Å²) < 4.78 is 33.1. The van der Waals surface area contributed by atoms with Gasteiger partial charge in [0.15, 0.2) is 6.26 Å². The lowest BCUT2D eigenvalue weighted by Crippen LogP contribution is -2.12. The number of aromatic amines is 1. The number of hydrogen-bond donors (Lipinski definition) is 1. The predicted molar refractivity (Wildman–Crippen MR) is 63.1 cm³/mol. The highest BCUT2D eigenvalue weighted by molar-refractivity contribution is 7.87. The Kier molecular flexibility index (Phi) is 3.00. The van der Waals surface area contributed by atoms with E-state index in [4.69, 9.17) is 4.18 Å². The third kappa shape index (κ3) is 2.45. The molecule has 7 heteroatoms. The molecule has 0 atom stereocenters. The Morgan fingerprint density at radius 3 is 2.56 bits per heavy atom. The maximum Gasteiger partial charge on any atom is 0.419 e. The monoisotopic (exact) mass is 269 g/mol. The second-order valence-corrected chi connectivity index (χ2v) is 5.33. The van der Waals surface area contributed by atoms with Crippen molar-refractivity contribution < 1.29 is 17.0 Å². The predicted octanol–water partition coefficient (Wildman–Crippen LogP) is 1.35. The van der Waals surface area contributed by atoms with Gasteiger partial charge in [-0.2, -0.15) is 8.42 Å². The molecule has 0 aliphatic rings.